The molecule has 0 aliphatic rings. The fraction of sp³-hybridized carbons (Fsp3) is 0.857. The number of amides is 1. The third-order valence-electron chi connectivity index (χ3n) is 1.21. The second kappa shape index (κ2) is 7.50. The maximum Gasteiger partial charge on any atom is 0.219 e. The standard InChI is InChI=1S/C7H15NO3/c1-8-7(10)3-2-5-11-6-4-9/h9H,2-6H2,1H3,(H,8,10). The summed E-state index contributed by atoms with van der Waals surface area (Å²) in [6, 6.07) is 0. The first-order valence-electron chi connectivity index (χ1n) is 3.70. The minimum atomic E-state index is 0.0256. The molecule has 0 fully saturated rings. The average molecular weight is 161 g/mol. The maximum absolute atomic E-state index is 10.6. The van der Waals surface area contributed by atoms with E-state index in [4.69, 9.17) is 9.84 Å². The third-order valence-corrected chi connectivity index (χ3v) is 1.21. The Morgan fingerprint density at radius 1 is 1.55 bits per heavy atom. The minimum Gasteiger partial charge on any atom is -0.394 e. The van der Waals surface area contributed by atoms with Gasteiger partial charge in [0, 0.05) is 20.1 Å². The van der Waals surface area contributed by atoms with Gasteiger partial charge in [-0.1, -0.05) is 0 Å². The van der Waals surface area contributed by atoms with Gasteiger partial charge in [-0.3, -0.25) is 4.79 Å². The first-order chi connectivity index (χ1) is 5.31. The SMILES string of the molecule is CNC(=O)CCCOCCO. The zero-order chi connectivity index (χ0) is 8.53. The Morgan fingerprint density at radius 2 is 2.27 bits per heavy atom. The van der Waals surface area contributed by atoms with E-state index in [1.807, 2.05) is 0 Å². The minimum absolute atomic E-state index is 0.0256. The van der Waals surface area contributed by atoms with Crippen LogP contribution in [-0.2, 0) is 9.53 Å². The van der Waals surface area contributed by atoms with E-state index in [1.54, 1.807) is 7.05 Å². The molecule has 0 heterocycles. The quantitative estimate of drug-likeness (QED) is 0.517. The van der Waals surface area contributed by atoms with Gasteiger partial charge >= 0.3 is 0 Å². The molecular formula is C7H15NO3. The van der Waals surface area contributed by atoms with Gasteiger partial charge < -0.3 is 15.2 Å². The van der Waals surface area contributed by atoms with Crippen molar-refractivity contribution in [2.24, 2.45) is 0 Å². The zero-order valence-electron chi connectivity index (χ0n) is 6.80. The van der Waals surface area contributed by atoms with Gasteiger partial charge in [0.05, 0.1) is 13.2 Å². The molecule has 0 radical (unpaired) electrons. The third kappa shape index (κ3) is 7.29. The molecule has 0 rings (SSSR count). The predicted octanol–water partition coefficient (Wildman–Crippen LogP) is -0.479. The van der Waals surface area contributed by atoms with E-state index in [1.165, 1.54) is 0 Å². The molecule has 0 saturated carbocycles. The Kier molecular flexibility index (Phi) is 7.08. The Balaban J connectivity index is 2.95. The summed E-state index contributed by atoms with van der Waals surface area (Å²) in [5.74, 6) is 0.0256. The van der Waals surface area contributed by atoms with Crippen molar-refractivity contribution in [1.82, 2.24) is 5.32 Å². The molecule has 1 amide bonds. The van der Waals surface area contributed by atoms with Crippen molar-refractivity contribution in [3.63, 3.8) is 0 Å². The number of carbonyl (C=O) groups is 1. The van der Waals surface area contributed by atoms with Crippen molar-refractivity contribution in [3.05, 3.63) is 0 Å². The molecule has 0 atom stereocenters. The van der Waals surface area contributed by atoms with Crippen molar-refractivity contribution >= 4 is 5.91 Å². The molecule has 0 unspecified atom stereocenters. The van der Waals surface area contributed by atoms with Crippen LogP contribution in [0.2, 0.25) is 0 Å². The van der Waals surface area contributed by atoms with E-state index in [2.05, 4.69) is 5.32 Å². The Bertz CT molecular complexity index is 106. The van der Waals surface area contributed by atoms with Gasteiger partial charge in [-0.2, -0.15) is 0 Å². The van der Waals surface area contributed by atoms with Crippen molar-refractivity contribution < 1.29 is 14.6 Å². The Morgan fingerprint density at radius 3 is 2.82 bits per heavy atom. The highest BCUT2D eigenvalue weighted by molar-refractivity contribution is 5.75. The summed E-state index contributed by atoms with van der Waals surface area (Å²) in [4.78, 5) is 10.6. The number of hydrogen-bond donors (Lipinski definition) is 2. The highest BCUT2D eigenvalue weighted by atomic mass is 16.5. The second-order valence-corrected chi connectivity index (χ2v) is 2.11. The molecule has 2 N–H and O–H groups in total. The highest BCUT2D eigenvalue weighted by Gasteiger charge is 1.95. The molecule has 0 aromatic heterocycles. The molecule has 0 aliphatic carbocycles. The van der Waals surface area contributed by atoms with Crippen molar-refractivity contribution in [3.8, 4) is 0 Å². The number of hydrogen-bond acceptors (Lipinski definition) is 3. The number of nitrogens with one attached hydrogen (secondary N) is 1. The van der Waals surface area contributed by atoms with E-state index >= 15 is 0 Å². The van der Waals surface area contributed by atoms with E-state index in [9.17, 15) is 4.79 Å². The largest absolute Gasteiger partial charge is 0.394 e. The number of rotatable bonds is 6. The summed E-state index contributed by atoms with van der Waals surface area (Å²) in [5.41, 5.74) is 0. The van der Waals surface area contributed by atoms with Crippen LogP contribution in [0.25, 0.3) is 0 Å². The second-order valence-electron chi connectivity index (χ2n) is 2.11. The molecule has 0 aromatic carbocycles. The van der Waals surface area contributed by atoms with Gasteiger partial charge in [0.25, 0.3) is 0 Å². The van der Waals surface area contributed by atoms with Gasteiger partial charge in [-0.25, -0.2) is 0 Å². The van der Waals surface area contributed by atoms with Crippen LogP contribution < -0.4 is 5.32 Å². The van der Waals surface area contributed by atoms with Crippen LogP contribution in [0, 0.1) is 0 Å². The summed E-state index contributed by atoms with van der Waals surface area (Å²) < 4.78 is 4.95. The van der Waals surface area contributed by atoms with Crippen LogP contribution >= 0.6 is 0 Å². The number of ether oxygens (including phenoxy) is 1. The monoisotopic (exact) mass is 161 g/mol. The molecular weight excluding hydrogens is 146 g/mol. The first-order valence-corrected chi connectivity index (χ1v) is 3.70. The van der Waals surface area contributed by atoms with Gasteiger partial charge in [0.2, 0.25) is 5.91 Å². The summed E-state index contributed by atoms with van der Waals surface area (Å²) in [6.45, 7) is 0.932. The molecule has 0 aliphatic heterocycles. The van der Waals surface area contributed by atoms with Crippen LogP contribution in [0.4, 0.5) is 0 Å². The van der Waals surface area contributed by atoms with Gasteiger partial charge in [0.1, 0.15) is 0 Å². The summed E-state index contributed by atoms with van der Waals surface area (Å²) >= 11 is 0. The fourth-order valence-corrected chi connectivity index (χ4v) is 0.626. The van der Waals surface area contributed by atoms with Gasteiger partial charge in [-0.05, 0) is 6.42 Å². The zero-order valence-corrected chi connectivity index (χ0v) is 6.80. The molecule has 0 bridgehead atoms. The Hall–Kier alpha value is -0.610. The molecule has 0 aromatic rings. The summed E-state index contributed by atoms with van der Waals surface area (Å²) in [6.07, 6.45) is 1.20. The fourth-order valence-electron chi connectivity index (χ4n) is 0.626. The van der Waals surface area contributed by atoms with Crippen LogP contribution in [0.1, 0.15) is 12.8 Å². The topological polar surface area (TPSA) is 58.6 Å². The van der Waals surface area contributed by atoms with Crippen LogP contribution in [-0.4, -0.2) is 37.9 Å². The van der Waals surface area contributed by atoms with Crippen molar-refractivity contribution in [1.29, 1.82) is 0 Å². The number of aliphatic hydroxyl groups excluding tert-OH is 1. The van der Waals surface area contributed by atoms with Crippen molar-refractivity contribution in [2.45, 2.75) is 12.8 Å². The van der Waals surface area contributed by atoms with Crippen molar-refractivity contribution in [2.75, 3.05) is 26.9 Å². The molecule has 0 spiro atoms. The first kappa shape index (κ1) is 10.4. The molecule has 66 valence electrons. The maximum atomic E-state index is 10.6. The normalized spacial score (nSPS) is 9.64. The smallest absolute Gasteiger partial charge is 0.219 e. The molecule has 4 heteroatoms. The molecule has 11 heavy (non-hydrogen) atoms. The highest BCUT2D eigenvalue weighted by Crippen LogP contribution is 1.88. The lowest BCUT2D eigenvalue weighted by atomic mass is 10.3. The Labute approximate surface area is 66.5 Å². The lowest BCUT2D eigenvalue weighted by molar-refractivity contribution is -0.120. The van der Waals surface area contributed by atoms with Crippen LogP contribution in [0.3, 0.4) is 0 Å². The van der Waals surface area contributed by atoms with E-state index in [0.717, 1.165) is 0 Å². The average Bonchev–Trinajstić information content (AvgIpc) is 2.04. The lowest BCUT2D eigenvalue weighted by Gasteiger charge is -2.00. The summed E-state index contributed by atoms with van der Waals surface area (Å²) in [7, 11) is 1.61. The lowest BCUT2D eigenvalue weighted by Crippen LogP contribution is -2.17. The van der Waals surface area contributed by atoms with E-state index in [0.29, 0.717) is 26.1 Å². The number of aliphatic hydroxyl groups is 1. The predicted molar refractivity (Wildman–Crippen MR) is 41.2 cm³/mol. The molecule has 4 nitrogen and oxygen atoms in total. The van der Waals surface area contributed by atoms with Crippen LogP contribution in [0.5, 0.6) is 0 Å². The summed E-state index contributed by atoms with van der Waals surface area (Å²) in [5, 5.41) is 10.8. The van der Waals surface area contributed by atoms with Gasteiger partial charge in [0.15, 0.2) is 0 Å². The number of carbonyl (C=O) groups excluding carboxylic acids is 1. The van der Waals surface area contributed by atoms with E-state index in [-0.39, 0.29) is 12.5 Å². The molecule has 0 saturated heterocycles. The van der Waals surface area contributed by atoms with Gasteiger partial charge in [-0.15, -0.1) is 0 Å². The van der Waals surface area contributed by atoms with E-state index < -0.39 is 0 Å². The van der Waals surface area contributed by atoms with Crippen LogP contribution in [0.15, 0.2) is 0 Å².